The normalized spacial score (nSPS) is 16.1. The molecule has 0 radical (unpaired) electrons. The van der Waals surface area contributed by atoms with Gasteiger partial charge < -0.3 is 10.7 Å². The quantitative estimate of drug-likeness (QED) is 0.445. The van der Waals surface area contributed by atoms with E-state index in [0.717, 1.165) is 55.0 Å². The number of halogens is 3. The average Bonchev–Trinajstić information content (AvgIpc) is 3.62. The molecule has 0 bridgehead atoms. The van der Waals surface area contributed by atoms with Crippen LogP contribution in [0.3, 0.4) is 0 Å². The number of aryl methyl sites for hydroxylation is 2. The fraction of sp³-hybridized carbons (Fsp3) is 0.346. The summed E-state index contributed by atoms with van der Waals surface area (Å²) in [7, 11) is 1.86. The Morgan fingerprint density at radius 2 is 1.87 bits per heavy atom. The molecule has 2 aliphatic heterocycles. The third-order valence-electron chi connectivity index (χ3n) is 6.86. The van der Waals surface area contributed by atoms with Gasteiger partial charge in [-0.25, -0.2) is 0 Å². The van der Waals surface area contributed by atoms with Gasteiger partial charge in [-0.05, 0) is 69.6 Å². The van der Waals surface area contributed by atoms with Crippen molar-refractivity contribution in [2.24, 2.45) is 7.05 Å². The summed E-state index contributed by atoms with van der Waals surface area (Å²) in [5.41, 5.74) is 10.1. The summed E-state index contributed by atoms with van der Waals surface area (Å²) in [5.74, 6) is -0.551. The Morgan fingerprint density at radius 3 is 2.55 bits per heavy atom. The zero-order valence-electron chi connectivity index (χ0n) is 21.4. The van der Waals surface area contributed by atoms with Crippen LogP contribution in [0.15, 0.2) is 42.9 Å². The summed E-state index contributed by atoms with van der Waals surface area (Å²) in [5, 5.41) is 8.59. The van der Waals surface area contributed by atoms with Gasteiger partial charge in [-0.3, -0.25) is 24.4 Å². The van der Waals surface area contributed by atoms with E-state index in [4.69, 9.17) is 0 Å². The number of benzene rings is 1. The van der Waals surface area contributed by atoms with E-state index in [9.17, 15) is 18.0 Å². The Labute approximate surface area is 218 Å². The number of likely N-dealkylation sites (tertiary alicyclic amines) is 1. The maximum atomic E-state index is 13.6. The van der Waals surface area contributed by atoms with E-state index >= 15 is 0 Å². The lowest BCUT2D eigenvalue weighted by molar-refractivity contribution is -0.137. The summed E-state index contributed by atoms with van der Waals surface area (Å²) in [6.07, 6.45) is 2.53. The fourth-order valence-corrected chi connectivity index (χ4v) is 4.65. The molecule has 0 unspecified atom stereocenters. The van der Waals surface area contributed by atoms with E-state index in [1.54, 1.807) is 34.9 Å². The molecule has 1 fully saturated rings. The smallest absolute Gasteiger partial charge is 0.322 e. The van der Waals surface area contributed by atoms with Crippen molar-refractivity contribution in [1.82, 2.24) is 30.6 Å². The van der Waals surface area contributed by atoms with Gasteiger partial charge in [0.2, 0.25) is 0 Å². The second kappa shape index (κ2) is 10.1. The minimum absolute atomic E-state index is 0.0938. The second-order valence-electron chi connectivity index (χ2n) is 9.60. The van der Waals surface area contributed by atoms with Gasteiger partial charge in [0.05, 0.1) is 34.4 Å². The average molecular weight is 527 g/mol. The lowest BCUT2D eigenvalue weighted by Crippen LogP contribution is -2.36. The highest BCUT2D eigenvalue weighted by Crippen LogP contribution is 2.33. The largest absolute Gasteiger partial charge is 0.416 e. The van der Waals surface area contributed by atoms with Crippen LogP contribution in [-0.2, 0) is 19.8 Å². The number of pyridine rings is 1. The molecule has 0 aliphatic carbocycles. The molecule has 2 aliphatic rings. The Bertz CT molecular complexity index is 1390. The van der Waals surface area contributed by atoms with Gasteiger partial charge >= 0.3 is 6.18 Å². The summed E-state index contributed by atoms with van der Waals surface area (Å²) >= 11 is 0. The minimum atomic E-state index is -4.52. The van der Waals surface area contributed by atoms with Crippen LogP contribution >= 0.6 is 0 Å². The van der Waals surface area contributed by atoms with Gasteiger partial charge in [-0.15, -0.1) is 5.53 Å². The van der Waals surface area contributed by atoms with E-state index in [1.165, 1.54) is 6.20 Å². The summed E-state index contributed by atoms with van der Waals surface area (Å²) < 4.78 is 42.6. The van der Waals surface area contributed by atoms with Crippen molar-refractivity contribution in [3.8, 4) is 0 Å². The van der Waals surface area contributed by atoms with Crippen molar-refractivity contribution < 1.29 is 18.0 Å². The topological polar surface area (TPSA) is 90.4 Å². The molecule has 12 heteroatoms. The molecule has 200 valence electrons. The highest BCUT2D eigenvalue weighted by atomic mass is 19.4. The highest BCUT2D eigenvalue weighted by molar-refractivity contribution is 6.04. The third kappa shape index (κ3) is 5.36. The molecule has 0 spiro atoms. The zero-order valence-corrected chi connectivity index (χ0v) is 21.4. The number of carbonyl (C=O) groups excluding carboxylic acids is 1. The van der Waals surface area contributed by atoms with Crippen LogP contribution in [0.4, 0.5) is 24.5 Å². The fourth-order valence-electron chi connectivity index (χ4n) is 4.65. The van der Waals surface area contributed by atoms with Gasteiger partial charge in [0.1, 0.15) is 0 Å². The number of carbonyl (C=O) groups is 1. The van der Waals surface area contributed by atoms with Gasteiger partial charge in [0.15, 0.2) is 0 Å². The van der Waals surface area contributed by atoms with E-state index in [2.05, 4.69) is 31.3 Å². The number of aromatic nitrogens is 3. The second-order valence-corrected chi connectivity index (χ2v) is 9.60. The molecule has 1 saturated heterocycles. The van der Waals surface area contributed by atoms with Crippen molar-refractivity contribution >= 4 is 23.0 Å². The van der Waals surface area contributed by atoms with E-state index in [0.29, 0.717) is 23.5 Å². The van der Waals surface area contributed by atoms with Gasteiger partial charge in [-0.1, -0.05) is 0 Å². The number of nitrogens with one attached hydrogen (secondary N) is 3. The lowest BCUT2D eigenvalue weighted by Gasteiger charge is -2.19. The van der Waals surface area contributed by atoms with Crippen molar-refractivity contribution in [2.45, 2.75) is 39.4 Å². The van der Waals surface area contributed by atoms with Gasteiger partial charge in [0.25, 0.3) is 5.91 Å². The SMILES string of the molecule is Cc1ncc(C(=O)Nc2cc(CN3CCCC3)cc(C(F)(F)F)c2)cc1N1C=C(c2cnn(C)c2C)NN1. The third-order valence-corrected chi connectivity index (χ3v) is 6.86. The summed E-state index contributed by atoms with van der Waals surface area (Å²) in [6, 6.07) is 5.36. The molecular formula is C26H29F3N8O. The lowest BCUT2D eigenvalue weighted by atomic mass is 10.1. The van der Waals surface area contributed by atoms with Gasteiger partial charge in [0, 0.05) is 42.9 Å². The number of hydrogen-bond donors (Lipinski definition) is 3. The molecule has 38 heavy (non-hydrogen) atoms. The molecule has 3 aromatic rings. The first-order valence-corrected chi connectivity index (χ1v) is 12.3. The number of rotatable bonds is 6. The maximum Gasteiger partial charge on any atom is 0.416 e. The summed E-state index contributed by atoms with van der Waals surface area (Å²) in [4.78, 5) is 19.6. The van der Waals surface area contributed by atoms with E-state index in [1.807, 2.05) is 20.2 Å². The van der Waals surface area contributed by atoms with Crippen molar-refractivity contribution in [3.63, 3.8) is 0 Å². The molecule has 1 amide bonds. The number of nitrogens with zero attached hydrogens (tertiary/aromatic N) is 5. The Morgan fingerprint density at radius 1 is 1.11 bits per heavy atom. The first-order valence-electron chi connectivity index (χ1n) is 12.3. The maximum absolute atomic E-state index is 13.6. The molecule has 9 nitrogen and oxygen atoms in total. The molecule has 0 saturated carbocycles. The Hall–Kier alpha value is -3.90. The first kappa shape index (κ1) is 25.7. The number of hydrogen-bond acceptors (Lipinski definition) is 7. The molecule has 5 rings (SSSR count). The monoisotopic (exact) mass is 526 g/mol. The predicted octanol–water partition coefficient (Wildman–Crippen LogP) is 4.13. The molecule has 0 atom stereocenters. The number of anilines is 2. The van der Waals surface area contributed by atoms with Crippen LogP contribution in [0.25, 0.3) is 5.70 Å². The Kier molecular flexibility index (Phi) is 6.84. The molecule has 2 aromatic heterocycles. The van der Waals surface area contributed by atoms with E-state index < -0.39 is 17.6 Å². The highest BCUT2D eigenvalue weighted by Gasteiger charge is 2.32. The Balaban J connectivity index is 1.38. The number of amides is 1. The van der Waals surface area contributed by atoms with Crippen LogP contribution in [0.2, 0.25) is 0 Å². The molecular weight excluding hydrogens is 497 g/mol. The van der Waals surface area contributed by atoms with E-state index in [-0.39, 0.29) is 11.3 Å². The van der Waals surface area contributed by atoms with Crippen molar-refractivity contribution in [3.05, 3.63) is 76.5 Å². The number of hydrazine groups is 2. The van der Waals surface area contributed by atoms with Crippen LogP contribution in [0, 0.1) is 13.8 Å². The van der Waals surface area contributed by atoms with Gasteiger partial charge in [-0.2, -0.15) is 18.3 Å². The first-order chi connectivity index (χ1) is 18.1. The van der Waals surface area contributed by atoms with Crippen LogP contribution in [0.1, 0.15) is 51.3 Å². The standard InChI is InChI=1S/C26H29F3N8O/c1-16-24(37-15-23(33-34-37)22-13-31-35(3)17(22)2)10-19(12-30-16)25(38)32-21-9-18(14-36-6-4-5-7-36)8-20(11-21)26(27,28)29/h8-13,15,33-34H,4-7,14H2,1-3H3,(H,32,38). The van der Waals surface area contributed by atoms with Crippen molar-refractivity contribution in [1.29, 1.82) is 0 Å². The number of alkyl halides is 3. The predicted molar refractivity (Wildman–Crippen MR) is 138 cm³/mol. The summed E-state index contributed by atoms with van der Waals surface area (Å²) in [6.45, 7) is 5.87. The molecule has 1 aromatic carbocycles. The molecule has 4 heterocycles. The van der Waals surface area contributed by atoms with Crippen LogP contribution in [-0.4, -0.2) is 38.7 Å². The minimum Gasteiger partial charge on any atom is -0.322 e. The molecule has 3 N–H and O–H groups in total. The van der Waals surface area contributed by atoms with Crippen molar-refractivity contribution in [2.75, 3.05) is 23.4 Å². The zero-order chi connectivity index (χ0) is 27.0. The van der Waals surface area contributed by atoms with Crippen LogP contribution < -0.4 is 21.3 Å². The van der Waals surface area contributed by atoms with Crippen LogP contribution in [0.5, 0.6) is 0 Å².